The summed E-state index contributed by atoms with van der Waals surface area (Å²) in [5.74, 6) is 1.56. The first-order valence-electron chi connectivity index (χ1n) is 6.52. The van der Waals surface area contributed by atoms with E-state index < -0.39 is 0 Å². The number of nitrogens with zero attached hydrogens (tertiary/aromatic N) is 2. The number of hydrogen-bond donors (Lipinski definition) is 2. The number of rotatable bonds is 2. The van der Waals surface area contributed by atoms with Crippen LogP contribution in [0.25, 0.3) is 22.3 Å². The van der Waals surface area contributed by atoms with Crippen molar-refractivity contribution in [2.75, 3.05) is 6.61 Å². The summed E-state index contributed by atoms with van der Waals surface area (Å²) in [5.41, 5.74) is 2.12. The van der Waals surface area contributed by atoms with Gasteiger partial charge in [-0.1, -0.05) is 18.2 Å². The van der Waals surface area contributed by atoms with E-state index in [2.05, 4.69) is 26.2 Å². The average Bonchev–Trinajstić information content (AvgIpc) is 3.18. The second kappa shape index (κ2) is 4.20. The summed E-state index contributed by atoms with van der Waals surface area (Å²) in [6.07, 6.45) is 4.13. The van der Waals surface area contributed by atoms with Crippen LogP contribution in [0.15, 0.2) is 30.5 Å². The minimum absolute atomic E-state index is 0.0754. The van der Waals surface area contributed by atoms with Gasteiger partial charge in [0.2, 0.25) is 0 Å². The van der Waals surface area contributed by atoms with Gasteiger partial charge in [0.15, 0.2) is 11.6 Å². The van der Waals surface area contributed by atoms with Crippen molar-refractivity contribution < 1.29 is 4.74 Å². The Morgan fingerprint density at radius 1 is 1.26 bits per heavy atom. The molecule has 1 fully saturated rings. The van der Waals surface area contributed by atoms with Gasteiger partial charge in [0, 0.05) is 29.3 Å². The number of aromatic amines is 2. The van der Waals surface area contributed by atoms with E-state index in [1.165, 1.54) is 0 Å². The van der Waals surface area contributed by atoms with E-state index in [9.17, 15) is 0 Å². The van der Waals surface area contributed by atoms with Crippen LogP contribution >= 0.6 is 0 Å². The summed E-state index contributed by atoms with van der Waals surface area (Å²) in [6, 6.07) is 8.15. The van der Waals surface area contributed by atoms with Crippen molar-refractivity contribution in [2.24, 2.45) is 0 Å². The quantitative estimate of drug-likeness (QED) is 0.739. The Bertz CT molecular complexity index is 709. The average molecular weight is 254 g/mol. The van der Waals surface area contributed by atoms with E-state index in [1.54, 1.807) is 0 Å². The summed E-state index contributed by atoms with van der Waals surface area (Å²) in [4.78, 5) is 7.81. The zero-order valence-corrected chi connectivity index (χ0v) is 10.4. The molecule has 0 amide bonds. The molecule has 1 saturated heterocycles. The van der Waals surface area contributed by atoms with Gasteiger partial charge in [0.25, 0.3) is 0 Å². The molecule has 1 aromatic carbocycles. The topological polar surface area (TPSA) is 66.6 Å². The Balaban J connectivity index is 1.76. The molecule has 3 aromatic rings. The van der Waals surface area contributed by atoms with Crippen LogP contribution in [0.1, 0.15) is 24.8 Å². The molecule has 2 N–H and O–H groups in total. The molecule has 0 saturated carbocycles. The Morgan fingerprint density at radius 2 is 2.21 bits per heavy atom. The fourth-order valence-electron chi connectivity index (χ4n) is 2.59. The largest absolute Gasteiger partial charge is 0.370 e. The van der Waals surface area contributed by atoms with Crippen molar-refractivity contribution in [2.45, 2.75) is 18.9 Å². The SMILES string of the molecule is c1ccc2c(-c3n[nH]c([C@@H]4CCCO4)n3)c[nH]c2c1. The highest BCUT2D eigenvalue weighted by atomic mass is 16.5. The Kier molecular flexibility index (Phi) is 2.38. The number of benzene rings is 1. The van der Waals surface area contributed by atoms with E-state index in [-0.39, 0.29) is 6.10 Å². The van der Waals surface area contributed by atoms with Crippen molar-refractivity contribution in [1.29, 1.82) is 0 Å². The molecular formula is C14H14N4O. The van der Waals surface area contributed by atoms with Crippen molar-refractivity contribution in [1.82, 2.24) is 20.2 Å². The summed E-state index contributed by atoms with van der Waals surface area (Å²) >= 11 is 0. The molecule has 1 atom stereocenters. The molecule has 4 rings (SSSR count). The maximum atomic E-state index is 5.62. The van der Waals surface area contributed by atoms with Crippen LogP contribution in [0, 0.1) is 0 Å². The van der Waals surface area contributed by atoms with Gasteiger partial charge in [-0.05, 0) is 18.9 Å². The molecule has 3 heterocycles. The monoisotopic (exact) mass is 254 g/mol. The third-order valence-corrected chi connectivity index (χ3v) is 3.57. The predicted octanol–water partition coefficient (Wildman–Crippen LogP) is 2.80. The van der Waals surface area contributed by atoms with E-state index in [4.69, 9.17) is 4.74 Å². The minimum Gasteiger partial charge on any atom is -0.370 e. The summed E-state index contributed by atoms with van der Waals surface area (Å²) < 4.78 is 5.62. The fraction of sp³-hybridized carbons (Fsp3) is 0.286. The Morgan fingerprint density at radius 3 is 3.11 bits per heavy atom. The smallest absolute Gasteiger partial charge is 0.183 e. The molecule has 2 aromatic heterocycles. The Labute approximate surface area is 110 Å². The van der Waals surface area contributed by atoms with Crippen molar-refractivity contribution in [3.8, 4) is 11.4 Å². The number of para-hydroxylation sites is 1. The van der Waals surface area contributed by atoms with Crippen LogP contribution in [0.2, 0.25) is 0 Å². The van der Waals surface area contributed by atoms with Gasteiger partial charge >= 0.3 is 0 Å². The van der Waals surface area contributed by atoms with Gasteiger partial charge in [-0.3, -0.25) is 5.10 Å². The van der Waals surface area contributed by atoms with Crippen molar-refractivity contribution >= 4 is 10.9 Å². The van der Waals surface area contributed by atoms with Gasteiger partial charge in [-0.15, -0.1) is 0 Å². The van der Waals surface area contributed by atoms with Crippen LogP contribution in [0.3, 0.4) is 0 Å². The highest BCUT2D eigenvalue weighted by Crippen LogP contribution is 2.29. The molecule has 96 valence electrons. The molecule has 1 aliphatic rings. The number of nitrogens with one attached hydrogen (secondary N) is 2. The van der Waals surface area contributed by atoms with Gasteiger partial charge in [-0.25, -0.2) is 4.98 Å². The number of H-pyrrole nitrogens is 2. The number of ether oxygens (including phenoxy) is 1. The van der Waals surface area contributed by atoms with Gasteiger partial charge < -0.3 is 9.72 Å². The maximum absolute atomic E-state index is 5.62. The lowest BCUT2D eigenvalue weighted by Gasteiger charge is -2.02. The van der Waals surface area contributed by atoms with Crippen LogP contribution in [0.4, 0.5) is 0 Å². The third-order valence-electron chi connectivity index (χ3n) is 3.57. The van der Waals surface area contributed by atoms with Crippen LogP contribution in [-0.2, 0) is 4.74 Å². The molecule has 1 aliphatic heterocycles. The third kappa shape index (κ3) is 1.74. The second-order valence-electron chi connectivity index (χ2n) is 4.79. The lowest BCUT2D eigenvalue weighted by molar-refractivity contribution is 0.105. The highest BCUT2D eigenvalue weighted by molar-refractivity contribution is 5.93. The van der Waals surface area contributed by atoms with E-state index in [0.717, 1.165) is 47.6 Å². The van der Waals surface area contributed by atoms with Crippen molar-refractivity contribution in [3.05, 3.63) is 36.3 Å². The number of fused-ring (bicyclic) bond motifs is 1. The lowest BCUT2D eigenvalue weighted by atomic mass is 10.1. The normalized spacial score (nSPS) is 19.3. The maximum Gasteiger partial charge on any atom is 0.183 e. The first-order chi connectivity index (χ1) is 9.42. The number of hydrogen-bond acceptors (Lipinski definition) is 3. The van der Waals surface area contributed by atoms with E-state index in [1.807, 2.05) is 24.4 Å². The molecular weight excluding hydrogens is 240 g/mol. The van der Waals surface area contributed by atoms with Crippen LogP contribution in [-0.4, -0.2) is 26.8 Å². The van der Waals surface area contributed by atoms with Crippen molar-refractivity contribution in [3.63, 3.8) is 0 Å². The van der Waals surface area contributed by atoms with Gasteiger partial charge in [0.05, 0.1) is 0 Å². The number of aromatic nitrogens is 4. The molecule has 19 heavy (non-hydrogen) atoms. The van der Waals surface area contributed by atoms with Gasteiger partial charge in [0.1, 0.15) is 6.10 Å². The Hall–Kier alpha value is -2.14. The molecule has 0 unspecified atom stereocenters. The van der Waals surface area contributed by atoms with Crippen LogP contribution in [0.5, 0.6) is 0 Å². The zero-order valence-electron chi connectivity index (χ0n) is 10.4. The first-order valence-corrected chi connectivity index (χ1v) is 6.52. The summed E-state index contributed by atoms with van der Waals surface area (Å²) in [6.45, 7) is 0.813. The summed E-state index contributed by atoms with van der Waals surface area (Å²) in [7, 11) is 0. The molecule has 5 nitrogen and oxygen atoms in total. The molecule has 0 spiro atoms. The highest BCUT2D eigenvalue weighted by Gasteiger charge is 2.22. The van der Waals surface area contributed by atoms with E-state index >= 15 is 0 Å². The molecule has 0 radical (unpaired) electrons. The van der Waals surface area contributed by atoms with E-state index in [0.29, 0.717) is 0 Å². The van der Waals surface area contributed by atoms with Crippen LogP contribution < -0.4 is 0 Å². The molecule has 5 heteroatoms. The predicted molar refractivity (Wildman–Crippen MR) is 71.6 cm³/mol. The van der Waals surface area contributed by atoms with Gasteiger partial charge in [-0.2, -0.15) is 5.10 Å². The first kappa shape index (κ1) is 10.8. The summed E-state index contributed by atoms with van der Waals surface area (Å²) in [5, 5.41) is 8.46. The minimum atomic E-state index is 0.0754. The lowest BCUT2D eigenvalue weighted by Crippen LogP contribution is -1.97. The second-order valence-corrected chi connectivity index (χ2v) is 4.79. The fourth-order valence-corrected chi connectivity index (χ4v) is 2.59. The zero-order chi connectivity index (χ0) is 12.7. The standard InChI is InChI=1S/C14H14N4O/c1-2-5-11-9(4-1)10(8-15-11)13-16-14(18-17-13)12-6-3-7-19-12/h1-2,4-5,8,12,15H,3,6-7H2,(H,16,17,18)/t12-/m0/s1. The molecule has 0 aliphatic carbocycles. The molecule has 0 bridgehead atoms.